The fourth-order valence-electron chi connectivity index (χ4n) is 4.63. The molecular formula is C28H34Cl2FN3O3. The van der Waals surface area contributed by atoms with Crippen molar-refractivity contribution in [3.63, 3.8) is 0 Å². The first-order valence-corrected chi connectivity index (χ1v) is 13.6. The predicted molar refractivity (Wildman–Crippen MR) is 143 cm³/mol. The highest BCUT2D eigenvalue weighted by molar-refractivity contribution is 6.42. The molecule has 2 aromatic carbocycles. The first-order valence-electron chi connectivity index (χ1n) is 12.8. The van der Waals surface area contributed by atoms with E-state index in [0.29, 0.717) is 16.5 Å². The number of carbonyl (C=O) groups excluding carboxylic acids is 2. The third kappa shape index (κ3) is 8.67. The number of benzene rings is 2. The van der Waals surface area contributed by atoms with Gasteiger partial charge in [-0.3, -0.25) is 9.59 Å². The van der Waals surface area contributed by atoms with E-state index in [9.17, 15) is 14.0 Å². The van der Waals surface area contributed by atoms with Crippen molar-refractivity contribution in [1.82, 2.24) is 15.5 Å². The minimum Gasteiger partial charge on any atom is -0.368 e. The molecule has 0 bridgehead atoms. The second-order valence-corrected chi connectivity index (χ2v) is 11.2. The number of nitrogens with zero attached hydrogens (tertiary/aromatic N) is 1. The summed E-state index contributed by atoms with van der Waals surface area (Å²) < 4.78 is 19.4. The Labute approximate surface area is 227 Å². The molecule has 2 aromatic rings. The first-order chi connectivity index (χ1) is 17.7. The van der Waals surface area contributed by atoms with Gasteiger partial charge in [0.1, 0.15) is 12.4 Å². The van der Waals surface area contributed by atoms with Crippen LogP contribution < -0.4 is 10.6 Å². The lowest BCUT2D eigenvalue weighted by molar-refractivity contribution is -0.127. The highest BCUT2D eigenvalue weighted by Crippen LogP contribution is 2.26. The average Bonchev–Trinajstić information content (AvgIpc) is 3.68. The summed E-state index contributed by atoms with van der Waals surface area (Å²) in [6.45, 7) is 4.49. The number of rotatable bonds is 11. The van der Waals surface area contributed by atoms with Gasteiger partial charge in [0.25, 0.3) is 0 Å². The molecule has 1 saturated carbocycles. The molecule has 9 heteroatoms. The summed E-state index contributed by atoms with van der Waals surface area (Å²) in [7, 11) is 0. The van der Waals surface area contributed by atoms with E-state index < -0.39 is 0 Å². The molecule has 200 valence electrons. The van der Waals surface area contributed by atoms with Gasteiger partial charge in [-0.15, -0.1) is 0 Å². The Morgan fingerprint density at radius 1 is 1.11 bits per heavy atom. The number of likely N-dealkylation sites (tertiary alicyclic amines) is 1. The lowest BCUT2D eigenvalue weighted by atomic mass is 9.89. The highest BCUT2D eigenvalue weighted by atomic mass is 35.5. The highest BCUT2D eigenvalue weighted by Gasteiger charge is 2.32. The average molecular weight is 551 g/mol. The van der Waals surface area contributed by atoms with Gasteiger partial charge in [0.15, 0.2) is 0 Å². The van der Waals surface area contributed by atoms with Gasteiger partial charge >= 0.3 is 0 Å². The summed E-state index contributed by atoms with van der Waals surface area (Å²) in [5, 5.41) is 7.13. The largest absolute Gasteiger partial charge is 0.368 e. The van der Waals surface area contributed by atoms with Crippen molar-refractivity contribution in [3.05, 3.63) is 69.5 Å². The second kappa shape index (κ2) is 12.6. The SMILES string of the molecule is CC1(NC(=O)Cc2ccc(Cl)c(Cl)c2)CCN(CC[C@H](NC(=O)COC2CC2)c2cccc(F)c2)CC1. The molecule has 2 aliphatic rings. The summed E-state index contributed by atoms with van der Waals surface area (Å²) in [5.74, 6) is -0.551. The van der Waals surface area contributed by atoms with Gasteiger partial charge in [-0.05, 0) is 74.4 Å². The lowest BCUT2D eigenvalue weighted by Crippen LogP contribution is -2.54. The fraction of sp³-hybridized carbons (Fsp3) is 0.500. The van der Waals surface area contributed by atoms with Crippen molar-refractivity contribution in [1.29, 1.82) is 0 Å². The zero-order chi connectivity index (χ0) is 26.4. The summed E-state index contributed by atoms with van der Waals surface area (Å²) in [5.41, 5.74) is 1.28. The van der Waals surface area contributed by atoms with E-state index in [1.807, 2.05) is 12.1 Å². The van der Waals surface area contributed by atoms with Crippen molar-refractivity contribution < 1.29 is 18.7 Å². The minimum absolute atomic E-state index is 0.0282. The molecule has 6 nitrogen and oxygen atoms in total. The maximum atomic E-state index is 13.9. The molecule has 1 heterocycles. The monoisotopic (exact) mass is 549 g/mol. The van der Waals surface area contributed by atoms with Crippen LogP contribution in [0.1, 0.15) is 56.2 Å². The van der Waals surface area contributed by atoms with E-state index in [0.717, 1.165) is 56.4 Å². The van der Waals surface area contributed by atoms with Crippen LogP contribution in [0.25, 0.3) is 0 Å². The Morgan fingerprint density at radius 2 is 1.86 bits per heavy atom. The number of nitrogens with one attached hydrogen (secondary N) is 2. The topological polar surface area (TPSA) is 70.7 Å². The van der Waals surface area contributed by atoms with Gasteiger partial charge in [0, 0.05) is 25.2 Å². The van der Waals surface area contributed by atoms with Crippen LogP contribution in [-0.2, 0) is 20.7 Å². The van der Waals surface area contributed by atoms with Gasteiger partial charge in [-0.25, -0.2) is 4.39 Å². The van der Waals surface area contributed by atoms with Crippen molar-refractivity contribution in [2.45, 2.75) is 63.1 Å². The number of hydrogen-bond donors (Lipinski definition) is 2. The summed E-state index contributed by atoms with van der Waals surface area (Å²) in [6, 6.07) is 11.3. The molecule has 2 N–H and O–H groups in total. The van der Waals surface area contributed by atoms with E-state index >= 15 is 0 Å². The molecule has 1 aliphatic carbocycles. The first kappa shape index (κ1) is 27.8. The van der Waals surface area contributed by atoms with Crippen LogP contribution in [0.4, 0.5) is 4.39 Å². The molecule has 1 saturated heterocycles. The predicted octanol–water partition coefficient (Wildman–Crippen LogP) is 5.07. The Balaban J connectivity index is 1.26. The molecule has 1 aliphatic heterocycles. The molecule has 0 unspecified atom stereocenters. The number of ether oxygens (including phenoxy) is 1. The fourth-order valence-corrected chi connectivity index (χ4v) is 4.95. The maximum absolute atomic E-state index is 13.9. The lowest BCUT2D eigenvalue weighted by Gasteiger charge is -2.40. The molecule has 0 spiro atoms. The van der Waals surface area contributed by atoms with Crippen LogP contribution in [-0.4, -0.2) is 54.6 Å². The Kier molecular flexibility index (Phi) is 9.46. The Morgan fingerprint density at radius 3 is 2.54 bits per heavy atom. The van der Waals surface area contributed by atoms with Crippen LogP contribution in [0.5, 0.6) is 0 Å². The molecule has 2 fully saturated rings. The van der Waals surface area contributed by atoms with E-state index in [1.165, 1.54) is 12.1 Å². The number of hydrogen-bond acceptors (Lipinski definition) is 4. The molecule has 1 atom stereocenters. The van der Waals surface area contributed by atoms with Gasteiger partial charge in [-0.2, -0.15) is 0 Å². The quantitative estimate of drug-likeness (QED) is 0.410. The Bertz CT molecular complexity index is 1100. The van der Waals surface area contributed by atoms with Crippen molar-refractivity contribution in [3.8, 4) is 0 Å². The van der Waals surface area contributed by atoms with Crippen LogP contribution in [0, 0.1) is 5.82 Å². The normalized spacial score (nSPS) is 18.3. The number of amides is 2. The van der Waals surface area contributed by atoms with Gasteiger partial charge in [0.05, 0.1) is 28.6 Å². The smallest absolute Gasteiger partial charge is 0.246 e. The summed E-state index contributed by atoms with van der Waals surface area (Å²) in [6.07, 6.45) is 4.73. The summed E-state index contributed by atoms with van der Waals surface area (Å²) in [4.78, 5) is 27.5. The molecule has 4 rings (SSSR count). The van der Waals surface area contributed by atoms with E-state index in [4.69, 9.17) is 27.9 Å². The van der Waals surface area contributed by atoms with Gasteiger partial charge < -0.3 is 20.3 Å². The minimum atomic E-state index is -0.323. The van der Waals surface area contributed by atoms with E-state index in [-0.39, 0.29) is 48.3 Å². The van der Waals surface area contributed by atoms with Crippen molar-refractivity contribution in [2.24, 2.45) is 0 Å². The summed E-state index contributed by atoms with van der Waals surface area (Å²) >= 11 is 12.0. The zero-order valence-corrected chi connectivity index (χ0v) is 22.6. The van der Waals surface area contributed by atoms with Crippen molar-refractivity contribution in [2.75, 3.05) is 26.2 Å². The van der Waals surface area contributed by atoms with Crippen LogP contribution in [0.3, 0.4) is 0 Å². The van der Waals surface area contributed by atoms with Crippen LogP contribution in [0.2, 0.25) is 10.0 Å². The third-order valence-electron chi connectivity index (χ3n) is 7.04. The van der Waals surface area contributed by atoms with E-state index in [1.54, 1.807) is 18.2 Å². The van der Waals surface area contributed by atoms with Gasteiger partial charge in [-0.1, -0.05) is 41.4 Å². The number of piperidine rings is 1. The van der Waals surface area contributed by atoms with Crippen molar-refractivity contribution >= 4 is 35.0 Å². The standard InChI is InChI=1S/C28H34Cl2FN3O3/c1-28(33-26(35)16-19-5-8-23(29)24(30)15-19)10-13-34(14-11-28)12-9-25(20-3-2-4-21(31)17-20)32-27(36)18-37-22-6-7-22/h2-5,8,15,17,22,25H,6-7,9-14,16,18H2,1H3,(H,32,36)(H,33,35)/t25-/m0/s1. The number of halogens is 3. The molecule has 2 amide bonds. The molecular weight excluding hydrogens is 516 g/mol. The van der Waals surface area contributed by atoms with Crippen LogP contribution in [0.15, 0.2) is 42.5 Å². The molecule has 0 aromatic heterocycles. The maximum Gasteiger partial charge on any atom is 0.246 e. The molecule has 37 heavy (non-hydrogen) atoms. The Hall–Kier alpha value is -2.19. The van der Waals surface area contributed by atoms with E-state index in [2.05, 4.69) is 22.5 Å². The number of carbonyl (C=O) groups is 2. The third-order valence-corrected chi connectivity index (χ3v) is 7.78. The second-order valence-electron chi connectivity index (χ2n) is 10.3. The molecule has 0 radical (unpaired) electrons. The van der Waals surface area contributed by atoms with Gasteiger partial charge in [0.2, 0.25) is 11.8 Å². The zero-order valence-electron chi connectivity index (χ0n) is 21.1. The van der Waals surface area contributed by atoms with Crippen LogP contribution >= 0.6 is 23.2 Å².